The van der Waals surface area contributed by atoms with Gasteiger partial charge in [0, 0.05) is 51.4 Å². The van der Waals surface area contributed by atoms with E-state index >= 15 is 0 Å². The van der Waals surface area contributed by atoms with E-state index in [1.165, 1.54) is 12.1 Å². The Morgan fingerprint density at radius 1 is 1.15 bits per heavy atom. The molecule has 0 aliphatic carbocycles. The number of hydrogen-bond donors (Lipinski definition) is 0. The molecule has 0 bridgehead atoms. The zero-order valence-electron chi connectivity index (χ0n) is 15.1. The fourth-order valence-electron chi connectivity index (χ4n) is 3.86. The number of aromatic nitrogens is 2. The molecule has 0 unspecified atom stereocenters. The van der Waals surface area contributed by atoms with Crippen LogP contribution in [0.5, 0.6) is 0 Å². The van der Waals surface area contributed by atoms with Gasteiger partial charge in [-0.25, -0.2) is 4.39 Å². The van der Waals surface area contributed by atoms with Crippen molar-refractivity contribution in [3.8, 4) is 0 Å². The van der Waals surface area contributed by atoms with E-state index in [2.05, 4.69) is 26.9 Å². The van der Waals surface area contributed by atoms with Crippen LogP contribution in [0.3, 0.4) is 0 Å². The van der Waals surface area contributed by atoms with Crippen LogP contribution in [0.2, 0.25) is 0 Å². The molecule has 1 aromatic heterocycles. The SMILES string of the molecule is C[C@@H]1CN(C2CCOCC2)CCN1c1nnc(Cc2ccc(F)cc2)s1. The van der Waals surface area contributed by atoms with Gasteiger partial charge in [0.15, 0.2) is 0 Å². The van der Waals surface area contributed by atoms with Gasteiger partial charge in [-0.2, -0.15) is 0 Å². The third kappa shape index (κ3) is 4.05. The van der Waals surface area contributed by atoms with Crippen molar-refractivity contribution < 1.29 is 9.13 Å². The van der Waals surface area contributed by atoms with Crippen molar-refractivity contribution in [3.05, 3.63) is 40.7 Å². The summed E-state index contributed by atoms with van der Waals surface area (Å²) < 4.78 is 18.5. The molecule has 7 heteroatoms. The van der Waals surface area contributed by atoms with Gasteiger partial charge in [0.05, 0.1) is 0 Å². The number of hydrogen-bond acceptors (Lipinski definition) is 6. The topological polar surface area (TPSA) is 41.5 Å². The minimum atomic E-state index is -0.206. The molecule has 0 radical (unpaired) electrons. The number of ether oxygens (including phenoxy) is 1. The monoisotopic (exact) mass is 376 g/mol. The van der Waals surface area contributed by atoms with E-state index in [4.69, 9.17) is 4.74 Å². The van der Waals surface area contributed by atoms with Crippen molar-refractivity contribution in [2.24, 2.45) is 0 Å². The number of halogens is 1. The number of rotatable bonds is 4. The van der Waals surface area contributed by atoms with Crippen molar-refractivity contribution in [1.29, 1.82) is 0 Å². The van der Waals surface area contributed by atoms with Crippen LogP contribution in [0.1, 0.15) is 30.3 Å². The fraction of sp³-hybridized carbons (Fsp3) is 0.579. The van der Waals surface area contributed by atoms with Crippen LogP contribution >= 0.6 is 11.3 Å². The molecular formula is C19H25FN4OS. The molecule has 0 N–H and O–H groups in total. The summed E-state index contributed by atoms with van der Waals surface area (Å²) in [7, 11) is 0. The van der Waals surface area contributed by atoms with Crippen molar-refractivity contribution >= 4 is 16.5 Å². The largest absolute Gasteiger partial charge is 0.381 e. The summed E-state index contributed by atoms with van der Waals surface area (Å²) in [4.78, 5) is 4.99. The molecule has 0 amide bonds. The molecule has 2 aliphatic rings. The van der Waals surface area contributed by atoms with Crippen LogP contribution < -0.4 is 4.90 Å². The van der Waals surface area contributed by atoms with Crippen LogP contribution in [-0.4, -0.2) is 60.0 Å². The molecule has 2 fully saturated rings. The standard InChI is InChI=1S/C19H25FN4OS/c1-14-13-23(17-6-10-25-11-7-17)8-9-24(14)19-22-21-18(26-19)12-15-2-4-16(20)5-3-15/h2-5,14,17H,6-13H2,1H3/t14-/m1/s1. The van der Waals surface area contributed by atoms with E-state index in [9.17, 15) is 4.39 Å². The molecule has 2 saturated heterocycles. The summed E-state index contributed by atoms with van der Waals surface area (Å²) in [6.07, 6.45) is 3.00. The number of anilines is 1. The van der Waals surface area contributed by atoms with E-state index in [1.54, 1.807) is 11.3 Å². The summed E-state index contributed by atoms with van der Waals surface area (Å²) in [5.74, 6) is -0.206. The quantitative estimate of drug-likeness (QED) is 0.821. The van der Waals surface area contributed by atoms with Gasteiger partial charge < -0.3 is 9.64 Å². The minimum Gasteiger partial charge on any atom is -0.381 e. The highest BCUT2D eigenvalue weighted by atomic mass is 32.1. The maximum absolute atomic E-state index is 13.0. The molecule has 3 heterocycles. The molecule has 0 spiro atoms. The van der Waals surface area contributed by atoms with Gasteiger partial charge in [-0.1, -0.05) is 23.5 Å². The lowest BCUT2D eigenvalue weighted by atomic mass is 10.0. The zero-order valence-corrected chi connectivity index (χ0v) is 15.9. The van der Waals surface area contributed by atoms with Gasteiger partial charge in [-0.05, 0) is 37.5 Å². The highest BCUT2D eigenvalue weighted by Gasteiger charge is 2.30. The van der Waals surface area contributed by atoms with Gasteiger partial charge in [-0.15, -0.1) is 10.2 Å². The first kappa shape index (κ1) is 17.8. The Kier molecular flexibility index (Phi) is 5.47. The Labute approximate surface area is 157 Å². The number of benzene rings is 1. The smallest absolute Gasteiger partial charge is 0.208 e. The fourth-order valence-corrected chi connectivity index (χ4v) is 4.86. The first-order chi connectivity index (χ1) is 12.7. The second-order valence-corrected chi connectivity index (χ2v) is 8.20. The lowest BCUT2D eigenvalue weighted by Crippen LogP contribution is -2.55. The first-order valence-electron chi connectivity index (χ1n) is 9.34. The average Bonchev–Trinajstić information content (AvgIpc) is 3.12. The maximum atomic E-state index is 13.0. The van der Waals surface area contributed by atoms with E-state index < -0.39 is 0 Å². The van der Waals surface area contributed by atoms with Crippen LogP contribution in [0.25, 0.3) is 0 Å². The molecule has 140 valence electrons. The van der Waals surface area contributed by atoms with Crippen molar-refractivity contribution in [2.45, 2.75) is 38.3 Å². The van der Waals surface area contributed by atoms with E-state index in [0.717, 1.165) is 61.4 Å². The number of piperazine rings is 1. The Bertz CT molecular complexity index is 717. The third-order valence-corrected chi connectivity index (χ3v) is 6.30. The Hall–Kier alpha value is -1.57. The van der Waals surface area contributed by atoms with Crippen LogP contribution in [0.15, 0.2) is 24.3 Å². The summed E-state index contributed by atoms with van der Waals surface area (Å²) in [5, 5.41) is 10.8. The van der Waals surface area contributed by atoms with Crippen LogP contribution in [-0.2, 0) is 11.2 Å². The summed E-state index contributed by atoms with van der Waals surface area (Å²) in [5.41, 5.74) is 1.06. The van der Waals surface area contributed by atoms with E-state index in [-0.39, 0.29) is 5.82 Å². The van der Waals surface area contributed by atoms with Crippen molar-refractivity contribution in [1.82, 2.24) is 15.1 Å². The lowest BCUT2D eigenvalue weighted by molar-refractivity contribution is 0.0280. The van der Waals surface area contributed by atoms with Crippen molar-refractivity contribution in [2.75, 3.05) is 37.7 Å². The second kappa shape index (κ2) is 7.98. The molecule has 1 atom stereocenters. The predicted molar refractivity (Wildman–Crippen MR) is 101 cm³/mol. The third-order valence-electron chi connectivity index (χ3n) is 5.34. The number of nitrogens with zero attached hydrogens (tertiary/aromatic N) is 4. The second-order valence-electron chi connectivity index (χ2n) is 7.16. The highest BCUT2D eigenvalue weighted by molar-refractivity contribution is 7.15. The van der Waals surface area contributed by atoms with Gasteiger partial charge >= 0.3 is 0 Å². The Morgan fingerprint density at radius 3 is 2.65 bits per heavy atom. The maximum Gasteiger partial charge on any atom is 0.208 e. The molecule has 0 saturated carbocycles. The van der Waals surface area contributed by atoms with Gasteiger partial charge in [0.25, 0.3) is 0 Å². The summed E-state index contributed by atoms with van der Waals surface area (Å²) >= 11 is 1.65. The van der Waals surface area contributed by atoms with Gasteiger partial charge in [0.1, 0.15) is 10.8 Å². The summed E-state index contributed by atoms with van der Waals surface area (Å²) in [6.45, 7) is 7.18. The average molecular weight is 377 g/mol. The molecule has 4 rings (SSSR count). The highest BCUT2D eigenvalue weighted by Crippen LogP contribution is 2.27. The van der Waals surface area contributed by atoms with Crippen LogP contribution in [0.4, 0.5) is 9.52 Å². The Balaban J connectivity index is 1.37. The zero-order chi connectivity index (χ0) is 17.9. The molecule has 26 heavy (non-hydrogen) atoms. The minimum absolute atomic E-state index is 0.206. The summed E-state index contributed by atoms with van der Waals surface area (Å²) in [6, 6.07) is 7.70. The normalized spacial score (nSPS) is 22.7. The van der Waals surface area contributed by atoms with E-state index in [0.29, 0.717) is 18.5 Å². The van der Waals surface area contributed by atoms with Gasteiger partial charge in [0.2, 0.25) is 5.13 Å². The predicted octanol–water partition coefficient (Wildman–Crippen LogP) is 2.96. The molecule has 1 aromatic carbocycles. The molecule has 2 aromatic rings. The first-order valence-corrected chi connectivity index (χ1v) is 10.2. The van der Waals surface area contributed by atoms with Crippen molar-refractivity contribution in [3.63, 3.8) is 0 Å². The molecule has 2 aliphatic heterocycles. The van der Waals surface area contributed by atoms with E-state index in [1.807, 2.05) is 12.1 Å². The molecule has 5 nitrogen and oxygen atoms in total. The molecular weight excluding hydrogens is 351 g/mol. The van der Waals surface area contributed by atoms with Crippen LogP contribution in [0, 0.1) is 5.82 Å². The van der Waals surface area contributed by atoms with Gasteiger partial charge in [-0.3, -0.25) is 4.90 Å². The Morgan fingerprint density at radius 2 is 1.92 bits per heavy atom. The lowest BCUT2D eigenvalue weighted by Gasteiger charge is -2.44.